The molecule has 1 saturated heterocycles. The summed E-state index contributed by atoms with van der Waals surface area (Å²) in [5, 5.41) is 16.8. The zero-order valence-corrected chi connectivity index (χ0v) is 19.0. The Labute approximate surface area is 194 Å². The average Bonchev–Trinajstić information content (AvgIpc) is 3.44. The molecule has 0 saturated carbocycles. The molecule has 2 aromatic rings. The summed E-state index contributed by atoms with van der Waals surface area (Å²) in [6.07, 6.45) is 13.0. The minimum Gasteiger partial charge on any atom is -0.512 e. The molecule has 0 bridgehead atoms. The lowest BCUT2D eigenvalue weighted by atomic mass is 9.93. The summed E-state index contributed by atoms with van der Waals surface area (Å²) >= 11 is 0. The Kier molecular flexibility index (Phi) is 6.13. The number of likely N-dealkylation sites (tertiary alicyclic amines) is 1. The summed E-state index contributed by atoms with van der Waals surface area (Å²) in [5.74, 6) is 1.10. The van der Waals surface area contributed by atoms with Crippen molar-refractivity contribution in [3.8, 4) is 0 Å². The molecule has 33 heavy (non-hydrogen) atoms. The highest BCUT2D eigenvalue weighted by atomic mass is 16.4. The smallest absolute Gasteiger partial charge is 0.310 e. The third-order valence-corrected chi connectivity index (χ3v) is 6.72. The third kappa shape index (κ3) is 4.50. The molecule has 4 heterocycles. The van der Waals surface area contributed by atoms with E-state index in [-0.39, 0.29) is 11.9 Å². The van der Waals surface area contributed by atoms with Crippen LogP contribution < -0.4 is 0 Å². The Balaban J connectivity index is 1.44. The van der Waals surface area contributed by atoms with Gasteiger partial charge >= 0.3 is 5.91 Å². The average molecular weight is 447 g/mol. The number of aliphatic hydroxyl groups is 1. The minimum absolute atomic E-state index is 0.286. The molecule has 172 valence electrons. The van der Waals surface area contributed by atoms with Crippen LogP contribution >= 0.6 is 0 Å². The molecule has 7 nitrogen and oxygen atoms in total. The van der Waals surface area contributed by atoms with Crippen molar-refractivity contribution in [1.82, 2.24) is 14.9 Å². The monoisotopic (exact) mass is 446 g/mol. The van der Waals surface area contributed by atoms with E-state index in [1.807, 2.05) is 37.3 Å². The van der Waals surface area contributed by atoms with Gasteiger partial charge in [0, 0.05) is 48.5 Å². The SMILES string of the molecule is Cc1oc(C(=O)N2N=C(c3cccnc3)CC2C2=C(O)CCC=C2)cc1CN1CCCCC1. The topological polar surface area (TPSA) is 82.2 Å². The van der Waals surface area contributed by atoms with Crippen LogP contribution in [-0.2, 0) is 6.54 Å². The van der Waals surface area contributed by atoms with Crippen molar-refractivity contribution in [1.29, 1.82) is 0 Å². The molecular weight excluding hydrogens is 416 g/mol. The van der Waals surface area contributed by atoms with Crippen molar-refractivity contribution in [2.24, 2.45) is 5.10 Å². The first-order valence-corrected chi connectivity index (χ1v) is 11.8. The van der Waals surface area contributed by atoms with Crippen molar-refractivity contribution >= 4 is 11.6 Å². The number of rotatable bonds is 5. The van der Waals surface area contributed by atoms with Gasteiger partial charge in [0.2, 0.25) is 0 Å². The quantitative estimate of drug-likeness (QED) is 0.717. The van der Waals surface area contributed by atoms with E-state index in [2.05, 4.69) is 9.88 Å². The number of pyridine rings is 1. The predicted molar refractivity (Wildman–Crippen MR) is 126 cm³/mol. The largest absolute Gasteiger partial charge is 0.512 e. The molecule has 1 unspecified atom stereocenters. The Morgan fingerprint density at radius 3 is 2.88 bits per heavy atom. The number of hydrogen-bond donors (Lipinski definition) is 1. The van der Waals surface area contributed by atoms with Gasteiger partial charge in [0.15, 0.2) is 5.76 Å². The van der Waals surface area contributed by atoms with E-state index < -0.39 is 0 Å². The van der Waals surface area contributed by atoms with E-state index in [4.69, 9.17) is 9.52 Å². The maximum atomic E-state index is 13.6. The van der Waals surface area contributed by atoms with Crippen molar-refractivity contribution in [3.05, 3.63) is 76.7 Å². The molecule has 1 aliphatic carbocycles. The van der Waals surface area contributed by atoms with E-state index in [1.165, 1.54) is 24.3 Å². The molecule has 1 atom stereocenters. The van der Waals surface area contributed by atoms with Crippen molar-refractivity contribution in [3.63, 3.8) is 0 Å². The summed E-state index contributed by atoms with van der Waals surface area (Å²) in [5.41, 5.74) is 3.44. The normalized spacial score (nSPS) is 21.5. The number of allylic oxidation sites excluding steroid dienone is 2. The molecule has 2 aliphatic heterocycles. The Bertz CT molecular complexity index is 1110. The first-order chi connectivity index (χ1) is 16.1. The third-order valence-electron chi connectivity index (χ3n) is 6.72. The van der Waals surface area contributed by atoms with Gasteiger partial charge < -0.3 is 9.52 Å². The van der Waals surface area contributed by atoms with E-state index >= 15 is 0 Å². The van der Waals surface area contributed by atoms with Crippen LogP contribution in [-0.4, -0.2) is 50.7 Å². The molecule has 5 rings (SSSR count). The number of piperidine rings is 1. The lowest BCUT2D eigenvalue weighted by Gasteiger charge is -2.26. The Morgan fingerprint density at radius 1 is 1.27 bits per heavy atom. The van der Waals surface area contributed by atoms with E-state index in [1.54, 1.807) is 12.4 Å². The summed E-state index contributed by atoms with van der Waals surface area (Å²) in [4.78, 5) is 20.2. The number of aryl methyl sites for hydroxylation is 1. The van der Waals surface area contributed by atoms with Crippen molar-refractivity contribution in [2.75, 3.05) is 13.1 Å². The van der Waals surface area contributed by atoms with Gasteiger partial charge in [-0.2, -0.15) is 5.10 Å². The second-order valence-electron chi connectivity index (χ2n) is 9.03. The van der Waals surface area contributed by atoms with Crippen LogP contribution in [0.2, 0.25) is 0 Å². The molecule has 0 spiro atoms. The number of aromatic nitrogens is 1. The predicted octanol–water partition coefficient (Wildman–Crippen LogP) is 4.75. The molecule has 1 amide bonds. The number of furan rings is 1. The van der Waals surface area contributed by atoms with Crippen LogP contribution in [0.1, 0.15) is 66.0 Å². The summed E-state index contributed by atoms with van der Waals surface area (Å²) in [6, 6.07) is 5.29. The number of carbonyl (C=O) groups is 1. The van der Waals surface area contributed by atoms with E-state index in [0.29, 0.717) is 24.4 Å². The van der Waals surface area contributed by atoms with Gasteiger partial charge in [-0.05, 0) is 51.4 Å². The Morgan fingerprint density at radius 2 is 2.12 bits per heavy atom. The number of aliphatic hydroxyl groups excluding tert-OH is 1. The molecule has 3 aliphatic rings. The highest BCUT2D eigenvalue weighted by Crippen LogP contribution is 2.32. The minimum atomic E-state index is -0.375. The lowest BCUT2D eigenvalue weighted by Crippen LogP contribution is -2.34. The number of nitrogens with zero attached hydrogens (tertiary/aromatic N) is 4. The molecule has 1 fully saturated rings. The molecule has 0 radical (unpaired) electrons. The fourth-order valence-corrected chi connectivity index (χ4v) is 4.88. The van der Waals surface area contributed by atoms with Crippen LogP contribution in [0.3, 0.4) is 0 Å². The Hall–Kier alpha value is -3.19. The summed E-state index contributed by atoms with van der Waals surface area (Å²) in [7, 11) is 0. The number of hydrogen-bond acceptors (Lipinski definition) is 6. The maximum Gasteiger partial charge on any atom is 0.310 e. The molecule has 0 aromatic carbocycles. The van der Waals surface area contributed by atoms with Gasteiger partial charge in [0.05, 0.1) is 17.5 Å². The standard InChI is InChI=1S/C26H30N4O3/c1-18-20(17-29-12-5-2-6-13-29)14-25(33-18)26(32)30-23(21-9-3-4-10-24(21)31)15-22(28-30)19-8-7-11-27-16-19/h3,7-9,11,14,16,23,31H,2,4-6,10,12-13,15,17H2,1H3. The van der Waals surface area contributed by atoms with Gasteiger partial charge in [-0.15, -0.1) is 0 Å². The van der Waals surface area contributed by atoms with Crippen LogP contribution in [0.15, 0.2) is 63.6 Å². The second-order valence-corrected chi connectivity index (χ2v) is 9.03. The second kappa shape index (κ2) is 9.35. The van der Waals surface area contributed by atoms with Gasteiger partial charge in [0.25, 0.3) is 0 Å². The van der Waals surface area contributed by atoms with Gasteiger partial charge in [0.1, 0.15) is 5.76 Å². The summed E-state index contributed by atoms with van der Waals surface area (Å²) < 4.78 is 5.94. The molecule has 2 aromatic heterocycles. The first-order valence-electron chi connectivity index (χ1n) is 11.8. The fourth-order valence-electron chi connectivity index (χ4n) is 4.88. The van der Waals surface area contributed by atoms with Crippen LogP contribution in [0.5, 0.6) is 0 Å². The fraction of sp³-hybridized carbons (Fsp3) is 0.423. The lowest BCUT2D eigenvalue weighted by molar-refractivity contribution is 0.0700. The highest BCUT2D eigenvalue weighted by Gasteiger charge is 2.37. The van der Waals surface area contributed by atoms with E-state index in [9.17, 15) is 9.90 Å². The zero-order valence-electron chi connectivity index (χ0n) is 19.0. The highest BCUT2D eigenvalue weighted by molar-refractivity contribution is 6.04. The number of amides is 1. The van der Waals surface area contributed by atoms with Gasteiger partial charge in [-0.1, -0.05) is 24.6 Å². The number of carbonyl (C=O) groups excluding carboxylic acids is 1. The van der Waals surface area contributed by atoms with Gasteiger partial charge in [-0.25, -0.2) is 5.01 Å². The van der Waals surface area contributed by atoms with Crippen molar-refractivity contribution < 1.29 is 14.3 Å². The molecule has 1 N–H and O–H groups in total. The summed E-state index contributed by atoms with van der Waals surface area (Å²) in [6.45, 7) is 4.88. The number of hydrazone groups is 1. The van der Waals surface area contributed by atoms with Crippen LogP contribution in [0.4, 0.5) is 0 Å². The van der Waals surface area contributed by atoms with E-state index in [0.717, 1.165) is 54.2 Å². The first kappa shape index (κ1) is 21.6. The molecule has 7 heteroatoms. The molecular formula is C26H30N4O3. The van der Waals surface area contributed by atoms with Crippen LogP contribution in [0.25, 0.3) is 0 Å². The zero-order chi connectivity index (χ0) is 22.8. The van der Waals surface area contributed by atoms with Crippen LogP contribution in [0, 0.1) is 6.92 Å². The maximum absolute atomic E-state index is 13.6. The van der Waals surface area contributed by atoms with Gasteiger partial charge in [-0.3, -0.25) is 14.7 Å². The van der Waals surface area contributed by atoms with Crippen molar-refractivity contribution in [2.45, 2.75) is 58.0 Å².